The van der Waals surface area contributed by atoms with Gasteiger partial charge in [0.25, 0.3) is 0 Å². The van der Waals surface area contributed by atoms with Crippen LogP contribution in [0.2, 0.25) is 0 Å². The lowest BCUT2D eigenvalue weighted by Crippen LogP contribution is -2.41. The Morgan fingerprint density at radius 1 is 1.06 bits per heavy atom. The average Bonchev–Trinajstić information content (AvgIpc) is 2.31. The summed E-state index contributed by atoms with van der Waals surface area (Å²) in [4.78, 5) is 2.44. The Morgan fingerprint density at radius 3 is 2.12 bits per heavy atom. The van der Waals surface area contributed by atoms with Crippen LogP contribution >= 0.6 is 0 Å². The quantitative estimate of drug-likeness (QED) is 0.656. The molecule has 2 nitrogen and oxygen atoms in total. The van der Waals surface area contributed by atoms with Crippen molar-refractivity contribution >= 4 is 0 Å². The van der Waals surface area contributed by atoms with Crippen molar-refractivity contribution < 1.29 is 5.11 Å². The van der Waals surface area contributed by atoms with E-state index in [9.17, 15) is 5.11 Å². The van der Waals surface area contributed by atoms with Gasteiger partial charge in [-0.25, -0.2) is 0 Å². The first-order chi connectivity index (χ1) is 7.56. The summed E-state index contributed by atoms with van der Waals surface area (Å²) in [6.45, 7) is 13.0. The summed E-state index contributed by atoms with van der Waals surface area (Å²) < 4.78 is 0. The third kappa shape index (κ3) is 5.86. The molecule has 3 atom stereocenters. The molecule has 0 rings (SSSR count). The zero-order chi connectivity index (χ0) is 12.6. The van der Waals surface area contributed by atoms with Crippen molar-refractivity contribution in [2.45, 2.75) is 72.4 Å². The van der Waals surface area contributed by atoms with Crippen LogP contribution in [0.25, 0.3) is 0 Å². The van der Waals surface area contributed by atoms with Crippen molar-refractivity contribution in [2.24, 2.45) is 5.92 Å². The fraction of sp³-hybridized carbons (Fsp3) is 1.00. The molecule has 98 valence electrons. The molecule has 0 amide bonds. The van der Waals surface area contributed by atoms with E-state index in [0.29, 0.717) is 12.0 Å². The summed E-state index contributed by atoms with van der Waals surface area (Å²) in [6.07, 6.45) is 4.51. The molecule has 0 aromatic carbocycles. The van der Waals surface area contributed by atoms with E-state index in [0.717, 1.165) is 25.9 Å². The standard InChI is InChI=1S/C14H31NO/c1-6-9-10-15(13(5)8-3)11-14(16)12(4)7-2/h12-14,16H,6-11H2,1-5H3. The van der Waals surface area contributed by atoms with E-state index in [1.165, 1.54) is 12.8 Å². The average molecular weight is 229 g/mol. The van der Waals surface area contributed by atoms with E-state index in [2.05, 4.69) is 39.5 Å². The van der Waals surface area contributed by atoms with Gasteiger partial charge in [0.05, 0.1) is 6.10 Å². The lowest BCUT2D eigenvalue weighted by atomic mass is 10.0. The number of nitrogens with zero attached hydrogens (tertiary/aromatic N) is 1. The first kappa shape index (κ1) is 15.9. The first-order valence-corrected chi connectivity index (χ1v) is 6.98. The zero-order valence-corrected chi connectivity index (χ0v) is 11.9. The maximum absolute atomic E-state index is 10.1. The number of aliphatic hydroxyl groups excluding tert-OH is 1. The molecule has 0 spiro atoms. The Kier molecular flexibility index (Phi) is 8.96. The highest BCUT2D eigenvalue weighted by Gasteiger charge is 2.19. The molecule has 0 bridgehead atoms. The van der Waals surface area contributed by atoms with Gasteiger partial charge < -0.3 is 5.11 Å². The van der Waals surface area contributed by atoms with Gasteiger partial charge in [0.15, 0.2) is 0 Å². The molecule has 0 aliphatic rings. The van der Waals surface area contributed by atoms with Crippen LogP contribution in [0.4, 0.5) is 0 Å². The number of hydrogen-bond acceptors (Lipinski definition) is 2. The summed E-state index contributed by atoms with van der Waals surface area (Å²) in [5, 5.41) is 10.1. The molecule has 0 aliphatic carbocycles. The second-order valence-electron chi connectivity index (χ2n) is 5.06. The van der Waals surface area contributed by atoms with E-state index < -0.39 is 0 Å². The van der Waals surface area contributed by atoms with Gasteiger partial charge in [0.2, 0.25) is 0 Å². The fourth-order valence-corrected chi connectivity index (χ4v) is 1.80. The summed E-state index contributed by atoms with van der Waals surface area (Å²) in [6, 6.07) is 0.588. The van der Waals surface area contributed by atoms with E-state index in [1.54, 1.807) is 0 Å². The van der Waals surface area contributed by atoms with Crippen molar-refractivity contribution in [1.29, 1.82) is 0 Å². The molecule has 0 heterocycles. The molecule has 16 heavy (non-hydrogen) atoms. The maximum Gasteiger partial charge on any atom is 0.0692 e. The minimum atomic E-state index is -0.171. The van der Waals surface area contributed by atoms with Gasteiger partial charge in [-0.15, -0.1) is 0 Å². The largest absolute Gasteiger partial charge is 0.392 e. The number of rotatable bonds is 9. The number of unbranched alkanes of at least 4 members (excludes halogenated alkanes) is 1. The van der Waals surface area contributed by atoms with E-state index >= 15 is 0 Å². The van der Waals surface area contributed by atoms with Gasteiger partial charge in [-0.1, -0.05) is 40.5 Å². The second kappa shape index (κ2) is 9.00. The zero-order valence-electron chi connectivity index (χ0n) is 11.9. The molecule has 1 N–H and O–H groups in total. The monoisotopic (exact) mass is 229 g/mol. The highest BCUT2D eigenvalue weighted by Crippen LogP contribution is 2.13. The third-order valence-corrected chi connectivity index (χ3v) is 3.74. The molecule has 0 aromatic rings. The molecule has 0 fully saturated rings. The smallest absolute Gasteiger partial charge is 0.0692 e. The summed E-state index contributed by atoms with van der Waals surface area (Å²) >= 11 is 0. The number of aliphatic hydroxyl groups is 1. The predicted octanol–water partition coefficient (Wildman–Crippen LogP) is 3.29. The van der Waals surface area contributed by atoms with E-state index in [4.69, 9.17) is 0 Å². The van der Waals surface area contributed by atoms with Gasteiger partial charge in [0, 0.05) is 12.6 Å². The Morgan fingerprint density at radius 2 is 1.69 bits per heavy atom. The Bertz CT molecular complexity index is 161. The Hall–Kier alpha value is -0.0800. The van der Waals surface area contributed by atoms with Gasteiger partial charge >= 0.3 is 0 Å². The van der Waals surface area contributed by atoms with Crippen molar-refractivity contribution in [3.05, 3.63) is 0 Å². The first-order valence-electron chi connectivity index (χ1n) is 6.98. The van der Waals surface area contributed by atoms with Gasteiger partial charge in [-0.05, 0) is 32.2 Å². The Labute approximate surface area is 102 Å². The molecule has 2 heteroatoms. The lowest BCUT2D eigenvalue weighted by molar-refractivity contribution is 0.0522. The third-order valence-electron chi connectivity index (χ3n) is 3.74. The van der Waals surface area contributed by atoms with Crippen LogP contribution in [0.3, 0.4) is 0 Å². The molecule has 0 radical (unpaired) electrons. The van der Waals surface area contributed by atoms with Crippen LogP contribution in [0.1, 0.15) is 60.3 Å². The molecule has 3 unspecified atom stereocenters. The van der Waals surface area contributed by atoms with Crippen LogP contribution in [-0.4, -0.2) is 35.2 Å². The second-order valence-corrected chi connectivity index (χ2v) is 5.06. The summed E-state index contributed by atoms with van der Waals surface area (Å²) in [5.41, 5.74) is 0. The van der Waals surface area contributed by atoms with Crippen LogP contribution < -0.4 is 0 Å². The molecule has 0 aliphatic heterocycles. The molecular weight excluding hydrogens is 198 g/mol. The highest BCUT2D eigenvalue weighted by atomic mass is 16.3. The summed E-state index contributed by atoms with van der Waals surface area (Å²) in [7, 11) is 0. The number of hydrogen-bond donors (Lipinski definition) is 1. The minimum absolute atomic E-state index is 0.171. The van der Waals surface area contributed by atoms with Crippen molar-refractivity contribution in [2.75, 3.05) is 13.1 Å². The molecule has 0 saturated heterocycles. The summed E-state index contributed by atoms with van der Waals surface area (Å²) in [5.74, 6) is 0.410. The van der Waals surface area contributed by atoms with E-state index in [1.807, 2.05) is 0 Å². The van der Waals surface area contributed by atoms with E-state index in [-0.39, 0.29) is 6.10 Å². The lowest BCUT2D eigenvalue weighted by Gasteiger charge is -2.32. The van der Waals surface area contributed by atoms with Crippen LogP contribution in [0.15, 0.2) is 0 Å². The van der Waals surface area contributed by atoms with Crippen LogP contribution in [0.5, 0.6) is 0 Å². The molecule has 0 aromatic heterocycles. The van der Waals surface area contributed by atoms with Gasteiger partial charge in [0.1, 0.15) is 0 Å². The van der Waals surface area contributed by atoms with Crippen LogP contribution in [0, 0.1) is 5.92 Å². The Balaban J connectivity index is 4.18. The minimum Gasteiger partial charge on any atom is -0.392 e. The molecule has 0 saturated carbocycles. The topological polar surface area (TPSA) is 23.5 Å². The highest BCUT2D eigenvalue weighted by molar-refractivity contribution is 4.73. The SMILES string of the molecule is CCCCN(CC(O)C(C)CC)C(C)CC. The fourth-order valence-electron chi connectivity index (χ4n) is 1.80. The van der Waals surface area contributed by atoms with Gasteiger partial charge in [-0.3, -0.25) is 4.90 Å². The predicted molar refractivity (Wildman–Crippen MR) is 71.7 cm³/mol. The van der Waals surface area contributed by atoms with Crippen molar-refractivity contribution in [1.82, 2.24) is 4.90 Å². The normalized spacial score (nSPS) is 17.4. The van der Waals surface area contributed by atoms with Crippen molar-refractivity contribution in [3.8, 4) is 0 Å². The molecular formula is C14H31NO. The van der Waals surface area contributed by atoms with Crippen molar-refractivity contribution in [3.63, 3.8) is 0 Å². The van der Waals surface area contributed by atoms with Gasteiger partial charge in [-0.2, -0.15) is 0 Å². The maximum atomic E-state index is 10.1. The van der Waals surface area contributed by atoms with Crippen LogP contribution in [-0.2, 0) is 0 Å².